The fourth-order valence-corrected chi connectivity index (χ4v) is 2.65. The Morgan fingerprint density at radius 2 is 2.05 bits per heavy atom. The molecule has 0 spiro atoms. The Balaban J connectivity index is 1.76. The standard InChI is InChI=1S/C15H20FN3O2/c16-13-5-3-11(4-6-13)8-18-14(20)10-19-7-1-2-12(9-19)15(17)21/h3-6,12H,1-2,7-10H2,(H2,17,21)(H,18,20)/p+1/t12-/m0/s1. The summed E-state index contributed by atoms with van der Waals surface area (Å²) in [5.41, 5.74) is 6.18. The summed E-state index contributed by atoms with van der Waals surface area (Å²) in [5, 5.41) is 2.81. The van der Waals surface area contributed by atoms with Crippen LogP contribution >= 0.6 is 0 Å². The predicted octanol–water partition coefficient (Wildman–Crippen LogP) is -0.778. The molecule has 0 radical (unpaired) electrons. The Morgan fingerprint density at radius 3 is 2.71 bits per heavy atom. The molecule has 1 heterocycles. The van der Waals surface area contributed by atoms with Crippen molar-refractivity contribution in [1.82, 2.24) is 5.32 Å². The molecule has 0 saturated carbocycles. The monoisotopic (exact) mass is 294 g/mol. The van der Waals surface area contributed by atoms with Gasteiger partial charge >= 0.3 is 0 Å². The molecule has 1 unspecified atom stereocenters. The van der Waals surface area contributed by atoms with Crippen LogP contribution in [-0.2, 0) is 16.1 Å². The summed E-state index contributed by atoms with van der Waals surface area (Å²) in [6.45, 7) is 2.23. The van der Waals surface area contributed by atoms with Crippen LogP contribution in [0.25, 0.3) is 0 Å². The van der Waals surface area contributed by atoms with E-state index in [-0.39, 0.29) is 23.5 Å². The van der Waals surface area contributed by atoms with Gasteiger partial charge in [-0.05, 0) is 30.5 Å². The number of halogens is 1. The first-order valence-corrected chi connectivity index (χ1v) is 7.18. The first kappa shape index (κ1) is 15.4. The minimum Gasteiger partial charge on any atom is -0.369 e. The van der Waals surface area contributed by atoms with Gasteiger partial charge in [0.25, 0.3) is 5.91 Å². The highest BCUT2D eigenvalue weighted by atomic mass is 19.1. The Morgan fingerprint density at radius 1 is 1.33 bits per heavy atom. The van der Waals surface area contributed by atoms with Crippen molar-refractivity contribution >= 4 is 11.8 Å². The molecule has 6 heteroatoms. The summed E-state index contributed by atoms with van der Waals surface area (Å²) in [6, 6.07) is 6.03. The topological polar surface area (TPSA) is 76.6 Å². The molecular formula is C15H21FN3O2+. The van der Waals surface area contributed by atoms with Crippen LogP contribution in [0, 0.1) is 11.7 Å². The van der Waals surface area contributed by atoms with Crippen LogP contribution in [-0.4, -0.2) is 31.4 Å². The second-order valence-corrected chi connectivity index (χ2v) is 5.53. The number of hydrogen-bond acceptors (Lipinski definition) is 2. The molecule has 0 aromatic heterocycles. The molecule has 114 valence electrons. The first-order valence-electron chi connectivity index (χ1n) is 7.18. The average Bonchev–Trinajstić information content (AvgIpc) is 2.47. The second-order valence-electron chi connectivity index (χ2n) is 5.53. The number of carbonyl (C=O) groups is 2. The number of carbonyl (C=O) groups excluding carboxylic acids is 2. The van der Waals surface area contributed by atoms with Gasteiger partial charge in [0.15, 0.2) is 6.54 Å². The van der Waals surface area contributed by atoms with Crippen LogP contribution in [0.2, 0.25) is 0 Å². The number of quaternary nitrogens is 1. The predicted molar refractivity (Wildman–Crippen MR) is 75.7 cm³/mol. The summed E-state index contributed by atoms with van der Waals surface area (Å²) in [4.78, 5) is 24.2. The molecule has 2 rings (SSSR count). The lowest BCUT2D eigenvalue weighted by Gasteiger charge is -2.27. The largest absolute Gasteiger partial charge is 0.369 e. The Bertz CT molecular complexity index is 504. The van der Waals surface area contributed by atoms with Crippen molar-refractivity contribution in [3.63, 3.8) is 0 Å². The molecule has 1 aliphatic heterocycles. The second kappa shape index (κ2) is 7.17. The number of rotatable bonds is 5. The molecule has 0 bridgehead atoms. The molecule has 4 N–H and O–H groups in total. The normalized spacial score (nSPS) is 21.8. The third-order valence-corrected chi connectivity index (χ3v) is 3.83. The zero-order valence-corrected chi connectivity index (χ0v) is 11.9. The fraction of sp³-hybridized carbons (Fsp3) is 0.467. The van der Waals surface area contributed by atoms with Gasteiger partial charge in [0.05, 0.1) is 19.0 Å². The summed E-state index contributed by atoms with van der Waals surface area (Å²) in [7, 11) is 0. The van der Waals surface area contributed by atoms with Gasteiger partial charge in [0.1, 0.15) is 5.82 Å². The molecule has 1 fully saturated rings. The molecule has 1 aliphatic rings. The smallest absolute Gasteiger partial charge is 0.275 e. The van der Waals surface area contributed by atoms with E-state index in [1.54, 1.807) is 12.1 Å². The lowest BCUT2D eigenvalue weighted by Crippen LogP contribution is -3.14. The van der Waals surface area contributed by atoms with Crippen LogP contribution < -0.4 is 16.0 Å². The van der Waals surface area contributed by atoms with Gasteiger partial charge < -0.3 is 16.0 Å². The van der Waals surface area contributed by atoms with E-state index in [0.717, 1.165) is 29.8 Å². The minimum atomic E-state index is -0.291. The highest BCUT2D eigenvalue weighted by molar-refractivity contribution is 5.77. The first-order chi connectivity index (χ1) is 10.0. The van der Waals surface area contributed by atoms with E-state index in [9.17, 15) is 14.0 Å². The van der Waals surface area contributed by atoms with Crippen LogP contribution in [0.1, 0.15) is 18.4 Å². The summed E-state index contributed by atoms with van der Waals surface area (Å²) in [6.07, 6.45) is 1.73. The number of amides is 2. The SMILES string of the molecule is NC(=O)[C@H]1CCC[NH+](CC(=O)NCc2ccc(F)cc2)C1. The number of piperidine rings is 1. The Labute approximate surface area is 123 Å². The third kappa shape index (κ3) is 4.82. The van der Waals surface area contributed by atoms with Gasteiger partial charge in [-0.25, -0.2) is 4.39 Å². The van der Waals surface area contributed by atoms with Gasteiger partial charge in [0.2, 0.25) is 5.91 Å². The molecule has 1 saturated heterocycles. The minimum absolute atomic E-state index is 0.0700. The van der Waals surface area contributed by atoms with Crippen molar-refractivity contribution in [3.05, 3.63) is 35.6 Å². The summed E-state index contributed by atoms with van der Waals surface area (Å²) >= 11 is 0. The van der Waals surface area contributed by atoms with Crippen molar-refractivity contribution in [3.8, 4) is 0 Å². The highest BCUT2D eigenvalue weighted by Gasteiger charge is 2.28. The van der Waals surface area contributed by atoms with Gasteiger partial charge in [-0.3, -0.25) is 9.59 Å². The maximum absolute atomic E-state index is 12.8. The summed E-state index contributed by atoms with van der Waals surface area (Å²) in [5.74, 6) is -0.766. The molecule has 0 aliphatic carbocycles. The lowest BCUT2D eigenvalue weighted by molar-refractivity contribution is -0.899. The Hall–Kier alpha value is -1.95. The molecular weight excluding hydrogens is 273 g/mol. The van der Waals surface area contributed by atoms with Crippen molar-refractivity contribution in [2.24, 2.45) is 11.7 Å². The van der Waals surface area contributed by atoms with E-state index >= 15 is 0 Å². The Kier molecular flexibility index (Phi) is 5.27. The van der Waals surface area contributed by atoms with E-state index in [1.165, 1.54) is 12.1 Å². The van der Waals surface area contributed by atoms with Crippen molar-refractivity contribution in [1.29, 1.82) is 0 Å². The quantitative estimate of drug-likeness (QED) is 0.666. The molecule has 1 aromatic rings. The lowest BCUT2D eigenvalue weighted by atomic mass is 9.97. The molecule has 2 amide bonds. The number of nitrogens with two attached hydrogens (primary N) is 1. The molecule has 5 nitrogen and oxygen atoms in total. The number of primary amides is 1. The number of benzene rings is 1. The van der Waals surface area contributed by atoms with E-state index in [0.29, 0.717) is 19.6 Å². The maximum atomic E-state index is 12.8. The van der Waals surface area contributed by atoms with Crippen LogP contribution in [0.5, 0.6) is 0 Å². The van der Waals surface area contributed by atoms with Crippen molar-refractivity contribution in [2.45, 2.75) is 19.4 Å². The van der Waals surface area contributed by atoms with Crippen molar-refractivity contribution in [2.75, 3.05) is 19.6 Å². The van der Waals surface area contributed by atoms with Crippen molar-refractivity contribution < 1.29 is 18.9 Å². The van der Waals surface area contributed by atoms with E-state index in [1.807, 2.05) is 0 Å². The summed E-state index contributed by atoms with van der Waals surface area (Å²) < 4.78 is 12.8. The van der Waals surface area contributed by atoms with Gasteiger partial charge in [0, 0.05) is 6.54 Å². The van der Waals surface area contributed by atoms with E-state index < -0.39 is 0 Å². The molecule has 2 atom stereocenters. The van der Waals surface area contributed by atoms with E-state index in [2.05, 4.69) is 5.32 Å². The number of likely N-dealkylation sites (tertiary alicyclic amines) is 1. The van der Waals surface area contributed by atoms with Gasteiger partial charge in [-0.1, -0.05) is 12.1 Å². The van der Waals surface area contributed by atoms with Crippen LogP contribution in [0.4, 0.5) is 4.39 Å². The molecule has 21 heavy (non-hydrogen) atoms. The zero-order chi connectivity index (χ0) is 15.2. The van der Waals surface area contributed by atoms with Gasteiger partial charge in [-0.15, -0.1) is 0 Å². The highest BCUT2D eigenvalue weighted by Crippen LogP contribution is 2.06. The average molecular weight is 294 g/mol. The van der Waals surface area contributed by atoms with Gasteiger partial charge in [-0.2, -0.15) is 0 Å². The maximum Gasteiger partial charge on any atom is 0.275 e. The van der Waals surface area contributed by atoms with Crippen LogP contribution in [0.15, 0.2) is 24.3 Å². The molecule has 1 aromatic carbocycles. The number of nitrogens with one attached hydrogen (secondary N) is 2. The fourth-order valence-electron chi connectivity index (χ4n) is 2.65. The third-order valence-electron chi connectivity index (χ3n) is 3.83. The zero-order valence-electron chi connectivity index (χ0n) is 11.9. The van der Waals surface area contributed by atoms with E-state index in [4.69, 9.17) is 5.73 Å². The number of hydrogen-bond donors (Lipinski definition) is 3. The van der Waals surface area contributed by atoms with Crippen LogP contribution in [0.3, 0.4) is 0 Å².